The summed E-state index contributed by atoms with van der Waals surface area (Å²) in [5.41, 5.74) is 0. The zero-order chi connectivity index (χ0) is 14.3. The maximum atomic E-state index is 11.0. The molecular formula is C15H31NO3. The first-order valence-electron chi connectivity index (χ1n) is 7.57. The Morgan fingerprint density at radius 1 is 1.00 bits per heavy atom. The Bertz CT molecular complexity index is 208. The van der Waals surface area contributed by atoms with E-state index in [1.807, 2.05) is 6.92 Å². The van der Waals surface area contributed by atoms with Crippen molar-refractivity contribution in [3.05, 3.63) is 0 Å². The molecule has 0 aliphatic heterocycles. The summed E-state index contributed by atoms with van der Waals surface area (Å²) in [5.74, 6) is 0.163. The van der Waals surface area contributed by atoms with Crippen LogP contribution in [0.15, 0.2) is 0 Å². The summed E-state index contributed by atoms with van der Waals surface area (Å²) in [5, 5.41) is 3.40. The second-order valence-corrected chi connectivity index (χ2v) is 5.08. The molecule has 0 aliphatic carbocycles. The number of Topliss-reactive ketones (excluding diaryl/α,β-unsaturated/α-hetero) is 1. The van der Waals surface area contributed by atoms with E-state index in [0.29, 0.717) is 19.1 Å². The molecule has 1 N–H and O–H groups in total. The molecule has 0 amide bonds. The van der Waals surface area contributed by atoms with Gasteiger partial charge in [-0.15, -0.1) is 0 Å². The lowest BCUT2D eigenvalue weighted by Crippen LogP contribution is -2.23. The summed E-state index contributed by atoms with van der Waals surface area (Å²) in [6.45, 7) is 9.70. The van der Waals surface area contributed by atoms with E-state index in [2.05, 4.69) is 19.2 Å². The van der Waals surface area contributed by atoms with Crippen LogP contribution in [0, 0.1) is 0 Å². The highest BCUT2D eigenvalue weighted by atomic mass is 16.5. The first kappa shape index (κ1) is 18.6. The van der Waals surface area contributed by atoms with Crippen LogP contribution >= 0.6 is 0 Å². The summed E-state index contributed by atoms with van der Waals surface area (Å²) in [6.07, 6.45) is 4.97. The fourth-order valence-corrected chi connectivity index (χ4v) is 1.55. The minimum Gasteiger partial charge on any atom is -0.381 e. The molecule has 0 rings (SSSR count). The van der Waals surface area contributed by atoms with Crippen LogP contribution < -0.4 is 5.32 Å². The number of carbonyl (C=O) groups excluding carboxylic acids is 1. The number of unbranched alkanes of at least 4 members (excludes halogenated alkanes) is 2. The van der Waals surface area contributed by atoms with E-state index in [0.717, 1.165) is 32.6 Å². The highest BCUT2D eigenvalue weighted by Crippen LogP contribution is 1.96. The Morgan fingerprint density at radius 3 is 2.37 bits per heavy atom. The topological polar surface area (TPSA) is 47.6 Å². The van der Waals surface area contributed by atoms with E-state index in [9.17, 15) is 4.79 Å². The monoisotopic (exact) mass is 273 g/mol. The molecule has 0 bridgehead atoms. The molecule has 0 spiro atoms. The SMILES string of the molecule is CCC(=O)COCCCOCCCCCNC(C)C. The van der Waals surface area contributed by atoms with Crippen LogP contribution in [0.5, 0.6) is 0 Å². The van der Waals surface area contributed by atoms with Crippen LogP contribution in [0.1, 0.15) is 52.9 Å². The molecule has 4 heteroatoms. The van der Waals surface area contributed by atoms with Gasteiger partial charge in [-0.05, 0) is 32.2 Å². The van der Waals surface area contributed by atoms with Crippen molar-refractivity contribution in [2.24, 2.45) is 0 Å². The number of ketones is 1. The normalized spacial score (nSPS) is 11.2. The molecule has 0 aromatic carbocycles. The number of hydrogen-bond acceptors (Lipinski definition) is 4. The number of carbonyl (C=O) groups is 1. The second kappa shape index (κ2) is 14.0. The average molecular weight is 273 g/mol. The Morgan fingerprint density at radius 2 is 1.68 bits per heavy atom. The lowest BCUT2D eigenvalue weighted by atomic mass is 10.2. The van der Waals surface area contributed by atoms with Gasteiger partial charge >= 0.3 is 0 Å². The summed E-state index contributed by atoms with van der Waals surface area (Å²) >= 11 is 0. The van der Waals surface area contributed by atoms with Crippen molar-refractivity contribution < 1.29 is 14.3 Å². The van der Waals surface area contributed by atoms with Crippen LogP contribution in [0.3, 0.4) is 0 Å². The first-order valence-corrected chi connectivity index (χ1v) is 7.57. The largest absolute Gasteiger partial charge is 0.381 e. The van der Waals surface area contributed by atoms with Crippen molar-refractivity contribution in [3.63, 3.8) is 0 Å². The minimum atomic E-state index is 0.163. The molecule has 114 valence electrons. The van der Waals surface area contributed by atoms with Gasteiger partial charge < -0.3 is 14.8 Å². The van der Waals surface area contributed by atoms with Gasteiger partial charge in [0.05, 0.1) is 0 Å². The molecular weight excluding hydrogens is 242 g/mol. The number of hydrogen-bond donors (Lipinski definition) is 1. The summed E-state index contributed by atoms with van der Waals surface area (Å²) < 4.78 is 10.7. The van der Waals surface area contributed by atoms with Crippen molar-refractivity contribution in [2.45, 2.75) is 58.9 Å². The molecule has 0 radical (unpaired) electrons. The third-order valence-corrected chi connectivity index (χ3v) is 2.75. The molecule has 19 heavy (non-hydrogen) atoms. The van der Waals surface area contributed by atoms with Gasteiger partial charge in [0.15, 0.2) is 5.78 Å². The number of ether oxygens (including phenoxy) is 2. The van der Waals surface area contributed by atoms with Gasteiger partial charge in [0, 0.05) is 32.3 Å². The van der Waals surface area contributed by atoms with Crippen LogP contribution in [0.25, 0.3) is 0 Å². The quantitative estimate of drug-likeness (QED) is 0.494. The van der Waals surface area contributed by atoms with Gasteiger partial charge in [0.2, 0.25) is 0 Å². The summed E-state index contributed by atoms with van der Waals surface area (Å²) in [6, 6.07) is 0.579. The molecule has 0 unspecified atom stereocenters. The highest BCUT2D eigenvalue weighted by molar-refractivity contribution is 5.79. The Hall–Kier alpha value is -0.450. The second-order valence-electron chi connectivity index (χ2n) is 5.08. The van der Waals surface area contributed by atoms with E-state index in [-0.39, 0.29) is 12.4 Å². The van der Waals surface area contributed by atoms with Gasteiger partial charge in [-0.1, -0.05) is 20.8 Å². The fraction of sp³-hybridized carbons (Fsp3) is 0.933. The zero-order valence-electron chi connectivity index (χ0n) is 12.9. The molecule has 0 aromatic heterocycles. The summed E-state index contributed by atoms with van der Waals surface area (Å²) in [4.78, 5) is 11.0. The molecule has 4 nitrogen and oxygen atoms in total. The Balaban J connectivity index is 3.01. The van der Waals surface area contributed by atoms with E-state index >= 15 is 0 Å². The number of rotatable bonds is 14. The molecule has 0 atom stereocenters. The lowest BCUT2D eigenvalue weighted by molar-refractivity contribution is -0.123. The van der Waals surface area contributed by atoms with Gasteiger partial charge in [-0.3, -0.25) is 4.79 Å². The first-order chi connectivity index (χ1) is 9.16. The smallest absolute Gasteiger partial charge is 0.158 e. The highest BCUT2D eigenvalue weighted by Gasteiger charge is 1.97. The fourth-order valence-electron chi connectivity index (χ4n) is 1.55. The van der Waals surface area contributed by atoms with Crippen molar-refractivity contribution >= 4 is 5.78 Å². The molecule has 0 saturated heterocycles. The van der Waals surface area contributed by atoms with Crippen LogP contribution in [-0.2, 0) is 14.3 Å². The van der Waals surface area contributed by atoms with Crippen LogP contribution in [0.2, 0.25) is 0 Å². The minimum absolute atomic E-state index is 0.163. The van der Waals surface area contributed by atoms with Crippen LogP contribution in [-0.4, -0.2) is 44.8 Å². The van der Waals surface area contributed by atoms with Gasteiger partial charge in [-0.2, -0.15) is 0 Å². The predicted molar refractivity (Wildman–Crippen MR) is 78.5 cm³/mol. The van der Waals surface area contributed by atoms with Crippen molar-refractivity contribution in [1.82, 2.24) is 5.32 Å². The molecule has 0 saturated carbocycles. The summed E-state index contributed by atoms with van der Waals surface area (Å²) in [7, 11) is 0. The predicted octanol–water partition coefficient (Wildman–Crippen LogP) is 2.56. The third kappa shape index (κ3) is 15.5. The van der Waals surface area contributed by atoms with Gasteiger partial charge in [-0.25, -0.2) is 0 Å². The third-order valence-electron chi connectivity index (χ3n) is 2.75. The molecule has 0 aromatic rings. The van der Waals surface area contributed by atoms with E-state index < -0.39 is 0 Å². The van der Waals surface area contributed by atoms with E-state index in [1.165, 1.54) is 12.8 Å². The Labute approximate surface area is 118 Å². The van der Waals surface area contributed by atoms with Crippen molar-refractivity contribution in [2.75, 3.05) is 33.0 Å². The standard InChI is InChI=1S/C15H31NO3/c1-4-15(17)13-19-12-8-11-18-10-7-5-6-9-16-14(2)3/h14,16H,4-13H2,1-3H3. The Kier molecular flexibility index (Phi) is 13.6. The van der Waals surface area contributed by atoms with Gasteiger partial charge in [0.1, 0.15) is 6.61 Å². The number of nitrogens with one attached hydrogen (secondary N) is 1. The van der Waals surface area contributed by atoms with Gasteiger partial charge in [0.25, 0.3) is 0 Å². The lowest BCUT2D eigenvalue weighted by Gasteiger charge is -2.08. The zero-order valence-corrected chi connectivity index (χ0v) is 12.9. The van der Waals surface area contributed by atoms with Crippen molar-refractivity contribution in [1.29, 1.82) is 0 Å². The van der Waals surface area contributed by atoms with Crippen LogP contribution in [0.4, 0.5) is 0 Å². The maximum absolute atomic E-state index is 11.0. The van der Waals surface area contributed by atoms with E-state index in [4.69, 9.17) is 9.47 Å². The maximum Gasteiger partial charge on any atom is 0.158 e. The molecule has 0 fully saturated rings. The molecule has 0 heterocycles. The van der Waals surface area contributed by atoms with Crippen molar-refractivity contribution in [3.8, 4) is 0 Å². The van der Waals surface area contributed by atoms with E-state index in [1.54, 1.807) is 0 Å². The average Bonchev–Trinajstić information content (AvgIpc) is 2.39. The molecule has 0 aliphatic rings.